The van der Waals surface area contributed by atoms with Crippen LogP contribution in [0.25, 0.3) is 0 Å². The molecule has 0 bridgehead atoms. The Balaban J connectivity index is 2.08. The molecule has 0 aliphatic heterocycles. The summed E-state index contributed by atoms with van der Waals surface area (Å²) in [6.45, 7) is 1.96. The first-order valence-electron chi connectivity index (χ1n) is 5.87. The van der Waals surface area contributed by atoms with Crippen LogP contribution in [0.5, 0.6) is 0 Å². The lowest BCUT2D eigenvalue weighted by Crippen LogP contribution is -2.22. The van der Waals surface area contributed by atoms with Crippen LogP contribution in [0.4, 0.5) is 0 Å². The van der Waals surface area contributed by atoms with Gasteiger partial charge in [0, 0.05) is 18.9 Å². The average molecular weight is 263 g/mol. The summed E-state index contributed by atoms with van der Waals surface area (Å²) in [6.07, 6.45) is -0.385. The predicted octanol–water partition coefficient (Wildman–Crippen LogP) is 2.74. The SMILES string of the molecule is COC(c1ccccc1)C(O)Cc1csc(C)n1. The number of nitrogens with zero attached hydrogens (tertiary/aromatic N) is 1. The second kappa shape index (κ2) is 6.09. The average Bonchev–Trinajstić information content (AvgIpc) is 2.77. The number of ether oxygens (including phenoxy) is 1. The predicted molar refractivity (Wildman–Crippen MR) is 72.8 cm³/mol. The number of hydrogen-bond donors (Lipinski definition) is 1. The van der Waals surface area contributed by atoms with Crippen LogP contribution in [0.15, 0.2) is 35.7 Å². The first kappa shape index (κ1) is 13.2. The molecule has 0 spiro atoms. The van der Waals surface area contributed by atoms with Gasteiger partial charge in [-0.25, -0.2) is 4.98 Å². The maximum Gasteiger partial charge on any atom is 0.108 e. The third-order valence-electron chi connectivity index (χ3n) is 2.82. The van der Waals surface area contributed by atoms with Crippen molar-refractivity contribution in [2.24, 2.45) is 0 Å². The fraction of sp³-hybridized carbons (Fsp3) is 0.357. The minimum absolute atomic E-state index is 0.312. The molecule has 1 aromatic carbocycles. The lowest BCUT2D eigenvalue weighted by molar-refractivity contribution is -0.0132. The zero-order valence-electron chi connectivity index (χ0n) is 10.5. The number of benzene rings is 1. The molecular formula is C14H17NO2S. The Kier molecular flexibility index (Phi) is 4.47. The number of aliphatic hydroxyl groups excluding tert-OH is 1. The van der Waals surface area contributed by atoms with Crippen LogP contribution in [0.3, 0.4) is 0 Å². The normalized spacial score (nSPS) is 14.4. The van der Waals surface area contributed by atoms with Crippen molar-refractivity contribution in [1.29, 1.82) is 0 Å². The highest BCUT2D eigenvalue weighted by Gasteiger charge is 2.21. The fourth-order valence-corrected chi connectivity index (χ4v) is 2.61. The van der Waals surface area contributed by atoms with E-state index in [2.05, 4.69) is 4.98 Å². The molecule has 2 rings (SSSR count). The van der Waals surface area contributed by atoms with Gasteiger partial charge >= 0.3 is 0 Å². The summed E-state index contributed by atoms with van der Waals surface area (Å²) in [5.74, 6) is 0. The van der Waals surface area contributed by atoms with Gasteiger partial charge in [0.15, 0.2) is 0 Å². The van der Waals surface area contributed by atoms with Gasteiger partial charge in [0.25, 0.3) is 0 Å². The van der Waals surface area contributed by atoms with E-state index in [1.807, 2.05) is 42.6 Å². The molecule has 18 heavy (non-hydrogen) atoms. The molecule has 0 fully saturated rings. The van der Waals surface area contributed by atoms with Gasteiger partial charge in [0.05, 0.1) is 16.8 Å². The van der Waals surface area contributed by atoms with Crippen LogP contribution < -0.4 is 0 Å². The maximum atomic E-state index is 10.3. The zero-order chi connectivity index (χ0) is 13.0. The van der Waals surface area contributed by atoms with Gasteiger partial charge in [-0.15, -0.1) is 11.3 Å². The summed E-state index contributed by atoms with van der Waals surface area (Å²) >= 11 is 1.60. The standard InChI is InChI=1S/C14H17NO2S/c1-10-15-12(9-18-10)8-13(16)14(17-2)11-6-4-3-5-7-11/h3-7,9,13-14,16H,8H2,1-2H3. The van der Waals surface area contributed by atoms with Gasteiger partial charge in [0.2, 0.25) is 0 Å². The molecule has 0 saturated heterocycles. The largest absolute Gasteiger partial charge is 0.390 e. The van der Waals surface area contributed by atoms with Crippen molar-refractivity contribution in [2.45, 2.75) is 25.6 Å². The van der Waals surface area contributed by atoms with Crippen LogP contribution >= 0.6 is 11.3 Å². The Morgan fingerprint density at radius 2 is 2.06 bits per heavy atom. The first-order chi connectivity index (χ1) is 8.70. The van der Waals surface area contributed by atoms with Crippen molar-refractivity contribution >= 4 is 11.3 Å². The lowest BCUT2D eigenvalue weighted by atomic mass is 10.0. The van der Waals surface area contributed by atoms with E-state index in [1.165, 1.54) is 0 Å². The third kappa shape index (κ3) is 3.16. The second-order valence-electron chi connectivity index (χ2n) is 4.20. The highest BCUT2D eigenvalue weighted by atomic mass is 32.1. The van der Waals surface area contributed by atoms with Crippen LogP contribution in [-0.2, 0) is 11.2 Å². The maximum absolute atomic E-state index is 10.3. The summed E-state index contributed by atoms with van der Waals surface area (Å²) < 4.78 is 5.40. The van der Waals surface area contributed by atoms with Crippen molar-refractivity contribution in [2.75, 3.05) is 7.11 Å². The smallest absolute Gasteiger partial charge is 0.108 e. The van der Waals surface area contributed by atoms with Gasteiger partial charge < -0.3 is 9.84 Å². The van der Waals surface area contributed by atoms with Gasteiger partial charge in [-0.05, 0) is 12.5 Å². The van der Waals surface area contributed by atoms with E-state index < -0.39 is 6.10 Å². The highest BCUT2D eigenvalue weighted by Crippen LogP contribution is 2.23. The third-order valence-corrected chi connectivity index (χ3v) is 3.64. The molecule has 1 heterocycles. The van der Waals surface area contributed by atoms with E-state index in [0.717, 1.165) is 16.3 Å². The lowest BCUT2D eigenvalue weighted by Gasteiger charge is -2.21. The van der Waals surface area contributed by atoms with Crippen molar-refractivity contribution in [3.8, 4) is 0 Å². The molecule has 2 atom stereocenters. The van der Waals surface area contributed by atoms with Gasteiger partial charge in [-0.3, -0.25) is 0 Å². The minimum atomic E-state index is -0.584. The molecule has 1 N–H and O–H groups in total. The summed E-state index contributed by atoms with van der Waals surface area (Å²) in [4.78, 5) is 4.36. The number of thiazole rings is 1. The van der Waals surface area contributed by atoms with Gasteiger partial charge in [0.1, 0.15) is 6.10 Å². The topological polar surface area (TPSA) is 42.4 Å². The number of aliphatic hydroxyl groups is 1. The van der Waals surface area contributed by atoms with Crippen LogP contribution in [0.1, 0.15) is 22.4 Å². The van der Waals surface area contributed by atoms with Crippen LogP contribution in [0, 0.1) is 6.92 Å². The fourth-order valence-electron chi connectivity index (χ4n) is 1.98. The Morgan fingerprint density at radius 3 is 2.61 bits per heavy atom. The number of aryl methyl sites for hydroxylation is 1. The molecule has 2 aromatic rings. The Hall–Kier alpha value is -1.23. The molecular weight excluding hydrogens is 246 g/mol. The molecule has 0 amide bonds. The summed E-state index contributed by atoms with van der Waals surface area (Å²) in [5, 5.41) is 13.3. The Morgan fingerprint density at radius 1 is 1.33 bits per heavy atom. The van der Waals surface area contributed by atoms with E-state index in [9.17, 15) is 5.11 Å². The second-order valence-corrected chi connectivity index (χ2v) is 5.26. The molecule has 2 unspecified atom stereocenters. The van der Waals surface area contributed by atoms with E-state index >= 15 is 0 Å². The molecule has 0 radical (unpaired) electrons. The zero-order valence-corrected chi connectivity index (χ0v) is 11.4. The van der Waals surface area contributed by atoms with Crippen LogP contribution in [-0.4, -0.2) is 23.3 Å². The highest BCUT2D eigenvalue weighted by molar-refractivity contribution is 7.09. The van der Waals surface area contributed by atoms with Crippen molar-refractivity contribution in [3.05, 3.63) is 52.0 Å². The molecule has 96 valence electrons. The molecule has 1 aromatic heterocycles. The van der Waals surface area contributed by atoms with E-state index in [1.54, 1.807) is 18.4 Å². The number of hydrogen-bond acceptors (Lipinski definition) is 4. The molecule has 4 heteroatoms. The summed E-state index contributed by atoms with van der Waals surface area (Å²) in [5.41, 5.74) is 1.91. The number of aromatic nitrogens is 1. The van der Waals surface area contributed by atoms with E-state index in [-0.39, 0.29) is 6.10 Å². The number of methoxy groups -OCH3 is 1. The molecule has 3 nitrogen and oxygen atoms in total. The van der Waals surface area contributed by atoms with Gasteiger partial charge in [-0.1, -0.05) is 30.3 Å². The van der Waals surface area contributed by atoms with E-state index in [4.69, 9.17) is 4.74 Å². The van der Waals surface area contributed by atoms with Crippen molar-refractivity contribution in [1.82, 2.24) is 4.98 Å². The van der Waals surface area contributed by atoms with Crippen LogP contribution in [0.2, 0.25) is 0 Å². The molecule has 0 aliphatic carbocycles. The Bertz CT molecular complexity index is 484. The number of rotatable bonds is 5. The van der Waals surface area contributed by atoms with Gasteiger partial charge in [-0.2, -0.15) is 0 Å². The Labute approximate surface area is 111 Å². The molecule has 0 saturated carbocycles. The molecule has 0 aliphatic rings. The first-order valence-corrected chi connectivity index (χ1v) is 6.75. The monoisotopic (exact) mass is 263 g/mol. The summed E-state index contributed by atoms with van der Waals surface area (Å²) in [7, 11) is 1.62. The van der Waals surface area contributed by atoms with Crippen molar-refractivity contribution in [3.63, 3.8) is 0 Å². The van der Waals surface area contributed by atoms with Crippen molar-refractivity contribution < 1.29 is 9.84 Å². The minimum Gasteiger partial charge on any atom is -0.390 e. The quantitative estimate of drug-likeness (QED) is 0.902. The van der Waals surface area contributed by atoms with E-state index in [0.29, 0.717) is 6.42 Å². The summed E-state index contributed by atoms with van der Waals surface area (Å²) in [6, 6.07) is 9.77.